The second-order valence-electron chi connectivity index (χ2n) is 6.07. The van der Waals surface area contributed by atoms with Gasteiger partial charge in [-0.25, -0.2) is 0 Å². The molecule has 3 aromatic rings. The SMILES string of the molecule is CCOCc1c(C(=O)NNC(=O)Cc2ccc(OC)cc2)oc2ccccc12. The molecule has 3 rings (SSSR count). The Morgan fingerprint density at radius 3 is 2.50 bits per heavy atom. The van der Waals surface area contributed by atoms with Gasteiger partial charge < -0.3 is 13.9 Å². The number of fused-ring (bicyclic) bond motifs is 1. The average Bonchev–Trinajstić information content (AvgIpc) is 3.09. The lowest BCUT2D eigenvalue weighted by Crippen LogP contribution is -2.42. The van der Waals surface area contributed by atoms with Crippen LogP contribution < -0.4 is 15.6 Å². The first kappa shape index (κ1) is 19.4. The lowest BCUT2D eigenvalue weighted by Gasteiger charge is -2.08. The normalized spacial score (nSPS) is 10.6. The van der Waals surface area contributed by atoms with Gasteiger partial charge in [0.2, 0.25) is 5.91 Å². The van der Waals surface area contributed by atoms with Crippen LogP contribution in [0.15, 0.2) is 52.9 Å². The number of hydrazine groups is 1. The third-order valence-electron chi connectivity index (χ3n) is 4.19. The largest absolute Gasteiger partial charge is 0.497 e. The maximum absolute atomic E-state index is 12.5. The Hall–Kier alpha value is -3.32. The summed E-state index contributed by atoms with van der Waals surface area (Å²) in [7, 11) is 1.58. The zero-order valence-corrected chi connectivity index (χ0v) is 15.8. The van der Waals surface area contributed by atoms with Crippen LogP contribution in [0.2, 0.25) is 0 Å². The average molecular weight is 382 g/mol. The van der Waals surface area contributed by atoms with Gasteiger partial charge in [-0.1, -0.05) is 30.3 Å². The molecular formula is C21H22N2O5. The second kappa shape index (κ2) is 9.05. The van der Waals surface area contributed by atoms with Gasteiger partial charge in [0.25, 0.3) is 0 Å². The number of para-hydroxylation sites is 1. The summed E-state index contributed by atoms with van der Waals surface area (Å²) in [5.41, 5.74) is 6.86. The van der Waals surface area contributed by atoms with Crippen LogP contribution in [0, 0.1) is 0 Å². The van der Waals surface area contributed by atoms with Crippen LogP contribution in [0.1, 0.15) is 28.6 Å². The number of furan rings is 1. The van der Waals surface area contributed by atoms with Crippen molar-refractivity contribution in [2.45, 2.75) is 20.0 Å². The molecular weight excluding hydrogens is 360 g/mol. The summed E-state index contributed by atoms with van der Waals surface area (Å²) in [4.78, 5) is 24.7. The number of hydrogen-bond donors (Lipinski definition) is 2. The summed E-state index contributed by atoms with van der Waals surface area (Å²) in [6.45, 7) is 2.64. The molecule has 0 saturated heterocycles. The van der Waals surface area contributed by atoms with E-state index in [0.29, 0.717) is 23.5 Å². The van der Waals surface area contributed by atoms with Crippen LogP contribution in [-0.2, 0) is 22.6 Å². The predicted octanol–water partition coefficient (Wildman–Crippen LogP) is 2.98. The highest BCUT2D eigenvalue weighted by Gasteiger charge is 2.21. The molecule has 0 aliphatic carbocycles. The number of carbonyl (C=O) groups is 2. The molecule has 1 heterocycles. The Labute approximate surface area is 162 Å². The van der Waals surface area contributed by atoms with Crippen molar-refractivity contribution in [1.29, 1.82) is 0 Å². The maximum Gasteiger partial charge on any atom is 0.305 e. The summed E-state index contributed by atoms with van der Waals surface area (Å²) < 4.78 is 16.2. The maximum atomic E-state index is 12.5. The molecule has 0 atom stereocenters. The molecule has 0 spiro atoms. The third-order valence-corrected chi connectivity index (χ3v) is 4.19. The van der Waals surface area contributed by atoms with E-state index >= 15 is 0 Å². The van der Waals surface area contributed by atoms with E-state index in [9.17, 15) is 9.59 Å². The van der Waals surface area contributed by atoms with Crippen LogP contribution in [0.25, 0.3) is 11.0 Å². The van der Waals surface area contributed by atoms with E-state index in [1.54, 1.807) is 37.4 Å². The quantitative estimate of drug-likeness (QED) is 0.613. The molecule has 0 fully saturated rings. The molecule has 0 aliphatic rings. The molecule has 2 aromatic carbocycles. The third kappa shape index (κ3) is 4.50. The fourth-order valence-electron chi connectivity index (χ4n) is 2.79. The van der Waals surface area contributed by atoms with Gasteiger partial charge in [-0.3, -0.25) is 20.4 Å². The van der Waals surface area contributed by atoms with Gasteiger partial charge in [0.1, 0.15) is 11.3 Å². The molecule has 7 nitrogen and oxygen atoms in total. The zero-order valence-electron chi connectivity index (χ0n) is 15.8. The Bertz CT molecular complexity index is 963. The molecule has 2 amide bonds. The fourth-order valence-corrected chi connectivity index (χ4v) is 2.79. The molecule has 146 valence electrons. The number of nitrogens with one attached hydrogen (secondary N) is 2. The standard InChI is InChI=1S/C21H22N2O5/c1-3-27-13-17-16-6-4-5-7-18(16)28-20(17)21(25)23-22-19(24)12-14-8-10-15(26-2)11-9-14/h4-11H,3,12-13H2,1-2H3,(H,22,24)(H,23,25). The van der Waals surface area contributed by atoms with Crippen LogP contribution >= 0.6 is 0 Å². The number of hydrogen-bond acceptors (Lipinski definition) is 5. The Morgan fingerprint density at radius 1 is 1.04 bits per heavy atom. The molecule has 2 N–H and O–H groups in total. The van der Waals surface area contributed by atoms with Crippen LogP contribution in [-0.4, -0.2) is 25.5 Å². The number of rotatable bonds is 7. The zero-order chi connectivity index (χ0) is 19.9. The molecule has 28 heavy (non-hydrogen) atoms. The van der Waals surface area contributed by atoms with E-state index in [-0.39, 0.29) is 24.7 Å². The first-order chi connectivity index (χ1) is 13.6. The van der Waals surface area contributed by atoms with Crippen molar-refractivity contribution >= 4 is 22.8 Å². The number of methoxy groups -OCH3 is 1. The highest BCUT2D eigenvalue weighted by molar-refractivity contribution is 5.99. The minimum atomic E-state index is -0.533. The van der Waals surface area contributed by atoms with Crippen molar-refractivity contribution in [3.05, 3.63) is 65.4 Å². The van der Waals surface area contributed by atoms with Gasteiger partial charge in [-0.2, -0.15) is 0 Å². The van der Waals surface area contributed by atoms with E-state index in [1.165, 1.54) is 0 Å². The highest BCUT2D eigenvalue weighted by atomic mass is 16.5. The summed E-state index contributed by atoms with van der Waals surface area (Å²) in [5, 5.41) is 0.811. The summed E-state index contributed by atoms with van der Waals surface area (Å²) >= 11 is 0. The van der Waals surface area contributed by atoms with Crippen LogP contribution in [0.4, 0.5) is 0 Å². The van der Waals surface area contributed by atoms with Gasteiger partial charge in [0.05, 0.1) is 20.1 Å². The number of ether oxygens (including phenoxy) is 2. The second-order valence-corrected chi connectivity index (χ2v) is 6.07. The molecule has 7 heteroatoms. The number of carbonyl (C=O) groups excluding carboxylic acids is 2. The molecule has 0 bridgehead atoms. The Morgan fingerprint density at radius 2 is 1.79 bits per heavy atom. The summed E-state index contributed by atoms with van der Waals surface area (Å²) in [5.74, 6) is -0.0430. The Kier molecular flexibility index (Phi) is 6.29. The monoisotopic (exact) mass is 382 g/mol. The van der Waals surface area contributed by atoms with Crippen LogP contribution in [0.3, 0.4) is 0 Å². The minimum absolute atomic E-state index is 0.121. The first-order valence-corrected chi connectivity index (χ1v) is 8.92. The van der Waals surface area contributed by atoms with E-state index in [0.717, 1.165) is 10.9 Å². The van der Waals surface area contributed by atoms with Gasteiger partial charge in [-0.05, 0) is 30.7 Å². The molecule has 0 unspecified atom stereocenters. The predicted molar refractivity (Wildman–Crippen MR) is 104 cm³/mol. The van der Waals surface area contributed by atoms with E-state index in [2.05, 4.69) is 10.9 Å². The minimum Gasteiger partial charge on any atom is -0.497 e. The summed E-state index contributed by atoms with van der Waals surface area (Å²) in [6, 6.07) is 14.5. The first-order valence-electron chi connectivity index (χ1n) is 8.92. The van der Waals surface area contributed by atoms with Crippen molar-refractivity contribution < 1.29 is 23.5 Å². The lowest BCUT2D eigenvalue weighted by molar-refractivity contribution is -0.121. The molecule has 1 aromatic heterocycles. The van der Waals surface area contributed by atoms with E-state index in [4.69, 9.17) is 13.9 Å². The van der Waals surface area contributed by atoms with Crippen molar-refractivity contribution in [2.75, 3.05) is 13.7 Å². The highest BCUT2D eigenvalue weighted by Crippen LogP contribution is 2.26. The Balaban J connectivity index is 1.66. The van der Waals surface area contributed by atoms with E-state index in [1.807, 2.05) is 25.1 Å². The summed E-state index contributed by atoms with van der Waals surface area (Å²) in [6.07, 6.45) is 0.121. The van der Waals surface area contributed by atoms with Crippen molar-refractivity contribution in [3.63, 3.8) is 0 Å². The lowest BCUT2D eigenvalue weighted by atomic mass is 10.1. The van der Waals surface area contributed by atoms with Gasteiger partial charge >= 0.3 is 5.91 Å². The smallest absolute Gasteiger partial charge is 0.305 e. The molecule has 0 saturated carbocycles. The van der Waals surface area contributed by atoms with Gasteiger partial charge in [0.15, 0.2) is 5.76 Å². The number of benzene rings is 2. The molecule has 0 aliphatic heterocycles. The molecule has 0 radical (unpaired) electrons. The van der Waals surface area contributed by atoms with Gasteiger partial charge in [-0.15, -0.1) is 0 Å². The van der Waals surface area contributed by atoms with Crippen molar-refractivity contribution in [1.82, 2.24) is 10.9 Å². The van der Waals surface area contributed by atoms with Gasteiger partial charge in [0, 0.05) is 17.6 Å². The number of amides is 2. The van der Waals surface area contributed by atoms with E-state index < -0.39 is 5.91 Å². The topological polar surface area (TPSA) is 89.8 Å². The van der Waals surface area contributed by atoms with Crippen molar-refractivity contribution in [3.8, 4) is 5.75 Å². The van der Waals surface area contributed by atoms with Crippen molar-refractivity contribution in [2.24, 2.45) is 0 Å². The fraction of sp³-hybridized carbons (Fsp3) is 0.238. The van der Waals surface area contributed by atoms with Crippen LogP contribution in [0.5, 0.6) is 5.75 Å².